The zero-order valence-corrected chi connectivity index (χ0v) is 9.40. The fourth-order valence-electron chi connectivity index (χ4n) is 2.41. The van der Waals surface area contributed by atoms with Crippen LogP contribution >= 0.6 is 0 Å². The van der Waals surface area contributed by atoms with Crippen LogP contribution in [0.1, 0.15) is 12.5 Å². The molecule has 3 aromatic carbocycles. The van der Waals surface area contributed by atoms with Gasteiger partial charge in [0.25, 0.3) is 0 Å². The fourth-order valence-corrected chi connectivity index (χ4v) is 2.41. The third kappa shape index (κ3) is 1.30. The Kier molecular flexibility index (Phi) is 2.14. The van der Waals surface area contributed by atoms with E-state index in [2.05, 4.69) is 61.5 Å². The zero-order chi connectivity index (χ0) is 11.0. The maximum absolute atomic E-state index is 2.25. The Morgan fingerprint density at radius 3 is 2.38 bits per heavy atom. The van der Waals surface area contributed by atoms with Crippen molar-refractivity contribution in [3.05, 3.63) is 60.2 Å². The summed E-state index contributed by atoms with van der Waals surface area (Å²) in [5.41, 5.74) is 1.43. The quantitative estimate of drug-likeness (QED) is 0.512. The molecule has 0 radical (unpaired) electrons. The van der Waals surface area contributed by atoms with Gasteiger partial charge in [-0.2, -0.15) is 0 Å². The van der Waals surface area contributed by atoms with Crippen molar-refractivity contribution in [2.75, 3.05) is 0 Å². The van der Waals surface area contributed by atoms with Gasteiger partial charge in [0, 0.05) is 0 Å². The highest BCUT2D eigenvalue weighted by Gasteiger charge is 2.02. The van der Waals surface area contributed by atoms with Crippen LogP contribution in [0.3, 0.4) is 0 Å². The molecule has 16 heavy (non-hydrogen) atoms. The van der Waals surface area contributed by atoms with E-state index < -0.39 is 0 Å². The Morgan fingerprint density at radius 2 is 1.50 bits per heavy atom. The number of benzene rings is 3. The summed E-state index contributed by atoms with van der Waals surface area (Å²) in [5, 5.41) is 5.44. The van der Waals surface area contributed by atoms with E-state index in [4.69, 9.17) is 0 Å². The van der Waals surface area contributed by atoms with Gasteiger partial charge in [0.1, 0.15) is 0 Å². The van der Waals surface area contributed by atoms with E-state index in [0.717, 1.165) is 6.42 Å². The van der Waals surface area contributed by atoms with Gasteiger partial charge in [-0.25, -0.2) is 0 Å². The van der Waals surface area contributed by atoms with E-state index in [9.17, 15) is 0 Å². The van der Waals surface area contributed by atoms with E-state index in [1.54, 1.807) is 0 Å². The molecule has 0 aliphatic rings. The van der Waals surface area contributed by atoms with Crippen molar-refractivity contribution in [2.24, 2.45) is 0 Å². The molecule has 0 N–H and O–H groups in total. The summed E-state index contributed by atoms with van der Waals surface area (Å²) in [5.74, 6) is 0. The van der Waals surface area contributed by atoms with Gasteiger partial charge in [0.05, 0.1) is 0 Å². The van der Waals surface area contributed by atoms with Crippen LogP contribution in [0.4, 0.5) is 0 Å². The lowest BCUT2D eigenvalue weighted by atomic mass is 9.97. The molecule has 0 bridgehead atoms. The Morgan fingerprint density at radius 1 is 0.688 bits per heavy atom. The lowest BCUT2D eigenvalue weighted by Gasteiger charge is -2.07. The molecule has 3 rings (SSSR count). The van der Waals surface area contributed by atoms with Crippen molar-refractivity contribution < 1.29 is 0 Å². The molecule has 0 aliphatic carbocycles. The highest BCUT2D eigenvalue weighted by atomic mass is 14.1. The standard InChI is InChI=1S/C16H14/c1-2-12-7-5-9-16-14-8-4-3-6-13(14)10-11-15(12)16/h3-11H,2H2,1H3. The first kappa shape index (κ1) is 9.41. The lowest BCUT2D eigenvalue weighted by Crippen LogP contribution is -1.84. The molecule has 0 atom stereocenters. The summed E-state index contributed by atoms with van der Waals surface area (Å²) in [6.45, 7) is 2.21. The molecule has 0 nitrogen and oxygen atoms in total. The van der Waals surface area contributed by atoms with E-state index in [1.807, 2.05) is 0 Å². The molecule has 0 saturated carbocycles. The maximum atomic E-state index is 2.25. The van der Waals surface area contributed by atoms with E-state index in [1.165, 1.54) is 27.1 Å². The molecule has 0 aromatic heterocycles. The van der Waals surface area contributed by atoms with Gasteiger partial charge < -0.3 is 0 Å². The average molecular weight is 206 g/mol. The summed E-state index contributed by atoms with van der Waals surface area (Å²) in [4.78, 5) is 0. The maximum Gasteiger partial charge on any atom is -0.0103 e. The smallest absolute Gasteiger partial charge is 0.0103 e. The normalized spacial score (nSPS) is 11.1. The Labute approximate surface area is 95.5 Å². The first-order chi connectivity index (χ1) is 7.90. The summed E-state index contributed by atoms with van der Waals surface area (Å²) in [6.07, 6.45) is 1.09. The van der Waals surface area contributed by atoms with Gasteiger partial charge >= 0.3 is 0 Å². The topological polar surface area (TPSA) is 0 Å². The summed E-state index contributed by atoms with van der Waals surface area (Å²) in [6, 6.07) is 19.7. The van der Waals surface area contributed by atoms with Crippen LogP contribution in [-0.4, -0.2) is 0 Å². The summed E-state index contributed by atoms with van der Waals surface area (Å²) >= 11 is 0. The molecule has 0 aliphatic heterocycles. The molecule has 0 fully saturated rings. The fraction of sp³-hybridized carbons (Fsp3) is 0.125. The van der Waals surface area contributed by atoms with E-state index >= 15 is 0 Å². The van der Waals surface area contributed by atoms with Crippen LogP contribution in [0.15, 0.2) is 54.6 Å². The average Bonchev–Trinajstić information content (AvgIpc) is 2.37. The first-order valence-electron chi connectivity index (χ1n) is 5.79. The van der Waals surface area contributed by atoms with Crippen LogP contribution in [0.2, 0.25) is 0 Å². The van der Waals surface area contributed by atoms with Crippen molar-refractivity contribution in [1.29, 1.82) is 0 Å². The summed E-state index contributed by atoms with van der Waals surface area (Å²) in [7, 11) is 0. The van der Waals surface area contributed by atoms with Gasteiger partial charge in [0.15, 0.2) is 0 Å². The van der Waals surface area contributed by atoms with Crippen molar-refractivity contribution >= 4 is 21.5 Å². The number of aryl methyl sites for hydroxylation is 1. The molecule has 78 valence electrons. The van der Waals surface area contributed by atoms with Crippen LogP contribution in [0, 0.1) is 0 Å². The van der Waals surface area contributed by atoms with Gasteiger partial charge in [-0.05, 0) is 33.5 Å². The molecule has 0 saturated heterocycles. The minimum absolute atomic E-state index is 1.09. The Bertz CT molecular complexity index is 650. The molecular weight excluding hydrogens is 192 g/mol. The van der Waals surface area contributed by atoms with Gasteiger partial charge in [-0.1, -0.05) is 61.5 Å². The second-order valence-electron chi connectivity index (χ2n) is 4.15. The SMILES string of the molecule is CCc1cccc2c1ccc1ccccc12. The molecule has 0 heterocycles. The van der Waals surface area contributed by atoms with Gasteiger partial charge in [-0.15, -0.1) is 0 Å². The third-order valence-electron chi connectivity index (χ3n) is 3.26. The largest absolute Gasteiger partial charge is 0.0616 e. The third-order valence-corrected chi connectivity index (χ3v) is 3.26. The first-order valence-corrected chi connectivity index (χ1v) is 5.79. The molecule has 0 unspecified atom stereocenters. The Hall–Kier alpha value is -1.82. The zero-order valence-electron chi connectivity index (χ0n) is 9.40. The monoisotopic (exact) mass is 206 g/mol. The predicted octanol–water partition coefficient (Wildman–Crippen LogP) is 4.56. The minimum atomic E-state index is 1.09. The second kappa shape index (κ2) is 3.64. The molecule has 3 aromatic rings. The molecule has 0 amide bonds. The van der Waals surface area contributed by atoms with Gasteiger partial charge in [0.2, 0.25) is 0 Å². The Balaban J connectivity index is 2.52. The number of hydrogen-bond acceptors (Lipinski definition) is 0. The number of hydrogen-bond donors (Lipinski definition) is 0. The van der Waals surface area contributed by atoms with Crippen LogP contribution < -0.4 is 0 Å². The summed E-state index contributed by atoms with van der Waals surface area (Å²) < 4.78 is 0. The number of fused-ring (bicyclic) bond motifs is 3. The van der Waals surface area contributed by atoms with Gasteiger partial charge in [-0.3, -0.25) is 0 Å². The van der Waals surface area contributed by atoms with E-state index in [0.29, 0.717) is 0 Å². The van der Waals surface area contributed by atoms with Crippen molar-refractivity contribution in [1.82, 2.24) is 0 Å². The highest BCUT2D eigenvalue weighted by molar-refractivity contribution is 6.08. The van der Waals surface area contributed by atoms with Crippen molar-refractivity contribution in [2.45, 2.75) is 13.3 Å². The lowest BCUT2D eigenvalue weighted by molar-refractivity contribution is 1.16. The van der Waals surface area contributed by atoms with Crippen molar-refractivity contribution in [3.63, 3.8) is 0 Å². The molecular formula is C16H14. The molecule has 0 spiro atoms. The molecule has 0 heteroatoms. The minimum Gasteiger partial charge on any atom is -0.0616 e. The highest BCUT2D eigenvalue weighted by Crippen LogP contribution is 2.27. The number of rotatable bonds is 1. The second-order valence-corrected chi connectivity index (χ2v) is 4.15. The predicted molar refractivity (Wildman–Crippen MR) is 70.8 cm³/mol. The van der Waals surface area contributed by atoms with Crippen LogP contribution in [0.5, 0.6) is 0 Å². The van der Waals surface area contributed by atoms with E-state index in [-0.39, 0.29) is 0 Å². The van der Waals surface area contributed by atoms with Crippen molar-refractivity contribution in [3.8, 4) is 0 Å². The van der Waals surface area contributed by atoms with Crippen LogP contribution in [0.25, 0.3) is 21.5 Å². The van der Waals surface area contributed by atoms with Crippen LogP contribution in [-0.2, 0) is 6.42 Å².